The van der Waals surface area contributed by atoms with Crippen molar-refractivity contribution in [2.75, 3.05) is 19.8 Å². The van der Waals surface area contributed by atoms with Crippen molar-refractivity contribution in [2.45, 2.75) is 53.7 Å². The van der Waals surface area contributed by atoms with Gasteiger partial charge in [0.2, 0.25) is 0 Å². The molecule has 9 nitrogen and oxygen atoms in total. The highest BCUT2D eigenvalue weighted by Gasteiger charge is 2.28. The first-order valence-electron chi connectivity index (χ1n) is 8.49. The van der Waals surface area contributed by atoms with E-state index in [1.165, 1.54) is 4.68 Å². The lowest BCUT2D eigenvalue weighted by Gasteiger charge is -2.19. The van der Waals surface area contributed by atoms with Gasteiger partial charge in [0, 0.05) is 6.54 Å². The topological polar surface area (TPSA) is 109 Å². The number of amides is 1. The highest BCUT2D eigenvalue weighted by Crippen LogP contribution is 2.17. The highest BCUT2D eigenvalue weighted by atomic mass is 16.6. The molecule has 0 saturated heterocycles. The van der Waals surface area contributed by atoms with Crippen LogP contribution in [0.3, 0.4) is 0 Å². The first-order valence-corrected chi connectivity index (χ1v) is 8.49. The number of carbonyl (C=O) groups excluding carboxylic acids is 3. The van der Waals surface area contributed by atoms with Gasteiger partial charge in [0.1, 0.15) is 11.2 Å². The molecule has 146 valence electrons. The summed E-state index contributed by atoms with van der Waals surface area (Å²) in [5, 5.41) is 6.79. The lowest BCUT2D eigenvalue weighted by Crippen LogP contribution is -2.34. The molecule has 0 aliphatic heterocycles. The number of alkyl carbamates (subject to hydrolysis) is 1. The summed E-state index contributed by atoms with van der Waals surface area (Å²) in [4.78, 5) is 36.2. The van der Waals surface area contributed by atoms with E-state index in [4.69, 9.17) is 14.2 Å². The molecule has 1 aromatic heterocycles. The zero-order valence-electron chi connectivity index (χ0n) is 16.2. The number of hydrogen-bond donors (Lipinski definition) is 1. The van der Waals surface area contributed by atoms with E-state index in [1.54, 1.807) is 41.5 Å². The molecule has 1 aromatic rings. The molecule has 1 amide bonds. The Morgan fingerprint density at radius 3 is 2.19 bits per heavy atom. The molecule has 0 fully saturated rings. The van der Waals surface area contributed by atoms with Crippen LogP contribution in [0.4, 0.5) is 4.79 Å². The molecular formula is C17H27N3O6. The largest absolute Gasteiger partial charge is 0.462 e. The van der Waals surface area contributed by atoms with Crippen molar-refractivity contribution in [1.29, 1.82) is 0 Å². The van der Waals surface area contributed by atoms with Crippen molar-refractivity contribution < 1.29 is 28.6 Å². The van der Waals surface area contributed by atoms with E-state index in [-0.39, 0.29) is 37.6 Å². The van der Waals surface area contributed by atoms with Gasteiger partial charge < -0.3 is 19.5 Å². The second-order valence-corrected chi connectivity index (χ2v) is 6.40. The average molecular weight is 369 g/mol. The zero-order valence-corrected chi connectivity index (χ0v) is 16.2. The number of nitrogens with one attached hydrogen (secondary N) is 1. The predicted molar refractivity (Wildman–Crippen MR) is 93.1 cm³/mol. The predicted octanol–water partition coefficient (Wildman–Crippen LogP) is 2.07. The Bertz CT molecular complexity index is 660. The highest BCUT2D eigenvalue weighted by molar-refractivity contribution is 6.02. The normalized spacial score (nSPS) is 11.0. The van der Waals surface area contributed by atoms with Gasteiger partial charge in [-0.1, -0.05) is 0 Å². The fourth-order valence-corrected chi connectivity index (χ4v) is 2.18. The summed E-state index contributed by atoms with van der Waals surface area (Å²) in [5.74, 6) is -1.31. The summed E-state index contributed by atoms with van der Waals surface area (Å²) >= 11 is 0. The monoisotopic (exact) mass is 369 g/mol. The van der Waals surface area contributed by atoms with Gasteiger partial charge >= 0.3 is 18.0 Å². The number of esters is 2. The number of aryl methyl sites for hydroxylation is 1. The van der Waals surface area contributed by atoms with Crippen LogP contribution < -0.4 is 5.32 Å². The Labute approximate surface area is 153 Å². The van der Waals surface area contributed by atoms with Crippen molar-refractivity contribution in [3.63, 3.8) is 0 Å². The van der Waals surface area contributed by atoms with E-state index in [0.29, 0.717) is 5.69 Å². The standard InChI is InChI=1S/C17H27N3O6/c1-7-24-14(21)12-11(3)19-20(13(12)15(22)25-8-2)10-9-18-16(23)26-17(4,5)6/h7-10H2,1-6H3,(H,18,23). The van der Waals surface area contributed by atoms with Gasteiger partial charge in [0.25, 0.3) is 0 Å². The summed E-state index contributed by atoms with van der Waals surface area (Å²) < 4.78 is 16.5. The third kappa shape index (κ3) is 6.05. The Morgan fingerprint density at radius 1 is 1.08 bits per heavy atom. The SMILES string of the molecule is CCOC(=O)c1c(C)nn(CCNC(=O)OC(C)(C)C)c1C(=O)OCC. The average Bonchev–Trinajstić information content (AvgIpc) is 2.82. The van der Waals surface area contributed by atoms with Crippen LogP contribution in [0, 0.1) is 6.92 Å². The Balaban J connectivity index is 2.96. The number of rotatable bonds is 7. The number of hydrogen-bond acceptors (Lipinski definition) is 7. The molecule has 0 atom stereocenters. The Hall–Kier alpha value is -2.58. The van der Waals surface area contributed by atoms with Crippen molar-refractivity contribution in [2.24, 2.45) is 0 Å². The lowest BCUT2D eigenvalue weighted by molar-refractivity contribution is 0.0468. The van der Waals surface area contributed by atoms with E-state index < -0.39 is 23.6 Å². The quantitative estimate of drug-likeness (QED) is 0.579. The van der Waals surface area contributed by atoms with Crippen LogP contribution in [-0.4, -0.2) is 53.2 Å². The van der Waals surface area contributed by atoms with E-state index in [0.717, 1.165) is 0 Å². The fourth-order valence-electron chi connectivity index (χ4n) is 2.18. The van der Waals surface area contributed by atoms with Gasteiger partial charge in [-0.25, -0.2) is 14.4 Å². The molecule has 0 radical (unpaired) electrons. The lowest BCUT2D eigenvalue weighted by atomic mass is 10.2. The molecule has 1 N–H and O–H groups in total. The summed E-state index contributed by atoms with van der Waals surface area (Å²) in [7, 11) is 0. The first kappa shape index (κ1) is 21.5. The molecule has 1 rings (SSSR count). The summed E-state index contributed by atoms with van der Waals surface area (Å²) in [6, 6.07) is 0. The minimum Gasteiger partial charge on any atom is -0.462 e. The molecule has 26 heavy (non-hydrogen) atoms. The van der Waals surface area contributed by atoms with Gasteiger partial charge in [-0.2, -0.15) is 5.10 Å². The molecular weight excluding hydrogens is 342 g/mol. The molecule has 1 heterocycles. The number of aromatic nitrogens is 2. The molecule has 0 aliphatic rings. The van der Waals surface area contributed by atoms with Crippen LogP contribution in [0.15, 0.2) is 0 Å². The van der Waals surface area contributed by atoms with Gasteiger partial charge in [-0.3, -0.25) is 4.68 Å². The maximum Gasteiger partial charge on any atom is 0.407 e. The van der Waals surface area contributed by atoms with Gasteiger partial charge in [0.05, 0.1) is 25.5 Å². The second-order valence-electron chi connectivity index (χ2n) is 6.40. The molecule has 0 aromatic carbocycles. The Kier molecular flexibility index (Phi) is 7.60. The van der Waals surface area contributed by atoms with Crippen LogP contribution in [0.2, 0.25) is 0 Å². The third-order valence-electron chi connectivity index (χ3n) is 3.07. The summed E-state index contributed by atoms with van der Waals surface area (Å²) in [5.41, 5.74) is -0.181. The van der Waals surface area contributed by atoms with E-state index in [2.05, 4.69) is 10.4 Å². The van der Waals surface area contributed by atoms with Crippen molar-refractivity contribution in [1.82, 2.24) is 15.1 Å². The number of ether oxygens (including phenoxy) is 3. The second kappa shape index (κ2) is 9.21. The first-order chi connectivity index (χ1) is 12.1. The van der Waals surface area contributed by atoms with Crippen LogP contribution >= 0.6 is 0 Å². The molecule has 0 unspecified atom stereocenters. The van der Waals surface area contributed by atoms with Crippen molar-refractivity contribution >= 4 is 18.0 Å². The Morgan fingerprint density at radius 2 is 1.65 bits per heavy atom. The third-order valence-corrected chi connectivity index (χ3v) is 3.07. The molecule has 0 bridgehead atoms. The van der Waals surface area contributed by atoms with Gasteiger partial charge in [-0.15, -0.1) is 0 Å². The summed E-state index contributed by atoms with van der Waals surface area (Å²) in [6.07, 6.45) is -0.579. The van der Waals surface area contributed by atoms with Crippen LogP contribution in [0.5, 0.6) is 0 Å². The maximum absolute atomic E-state index is 12.3. The zero-order chi connectivity index (χ0) is 19.9. The van der Waals surface area contributed by atoms with Gasteiger partial charge in [-0.05, 0) is 41.5 Å². The van der Waals surface area contributed by atoms with Crippen molar-refractivity contribution in [3.8, 4) is 0 Å². The van der Waals surface area contributed by atoms with E-state index in [1.807, 2.05) is 0 Å². The molecule has 0 saturated carbocycles. The van der Waals surface area contributed by atoms with E-state index in [9.17, 15) is 14.4 Å². The van der Waals surface area contributed by atoms with E-state index >= 15 is 0 Å². The van der Waals surface area contributed by atoms with Crippen molar-refractivity contribution in [3.05, 3.63) is 17.0 Å². The smallest absolute Gasteiger partial charge is 0.407 e. The summed E-state index contributed by atoms with van der Waals surface area (Å²) in [6.45, 7) is 10.9. The molecule has 9 heteroatoms. The van der Waals surface area contributed by atoms with Crippen LogP contribution in [-0.2, 0) is 20.8 Å². The van der Waals surface area contributed by atoms with Gasteiger partial charge in [0.15, 0.2) is 5.69 Å². The molecule has 0 spiro atoms. The fraction of sp³-hybridized carbons (Fsp3) is 0.647. The van der Waals surface area contributed by atoms with Crippen LogP contribution in [0.25, 0.3) is 0 Å². The minimum absolute atomic E-state index is 0.00814. The minimum atomic E-state index is -0.673. The maximum atomic E-state index is 12.3. The van der Waals surface area contributed by atoms with Crippen LogP contribution in [0.1, 0.15) is 61.2 Å². The number of carbonyl (C=O) groups is 3. The number of nitrogens with zero attached hydrogens (tertiary/aromatic N) is 2. The molecule has 0 aliphatic carbocycles.